The standard InChI is InChI=1S/C7H8N6/c1-8-13(2)7-5-6(10-3-9-5)11-4-12-7/h3-4H,1H2,2H3,(H,9,10,11,12). The van der Waals surface area contributed by atoms with Gasteiger partial charge in [-0.2, -0.15) is 5.10 Å². The van der Waals surface area contributed by atoms with Gasteiger partial charge in [0.05, 0.1) is 6.33 Å². The Labute approximate surface area is 74.3 Å². The van der Waals surface area contributed by atoms with E-state index in [1.807, 2.05) is 0 Å². The van der Waals surface area contributed by atoms with E-state index in [0.29, 0.717) is 11.5 Å². The Balaban J connectivity index is 2.67. The van der Waals surface area contributed by atoms with Crippen LogP contribution in [0.25, 0.3) is 11.2 Å². The molecule has 2 aromatic rings. The second kappa shape index (κ2) is 2.81. The average molecular weight is 176 g/mol. The molecule has 0 aliphatic rings. The fraction of sp³-hybridized carbons (Fsp3) is 0.143. The molecule has 0 amide bonds. The zero-order chi connectivity index (χ0) is 9.26. The highest BCUT2D eigenvalue weighted by atomic mass is 15.5. The summed E-state index contributed by atoms with van der Waals surface area (Å²) in [6, 6.07) is 0. The van der Waals surface area contributed by atoms with Gasteiger partial charge in [-0.05, 0) is 0 Å². The molecular weight excluding hydrogens is 168 g/mol. The maximum atomic E-state index is 4.06. The summed E-state index contributed by atoms with van der Waals surface area (Å²) in [6.45, 7) is 3.41. The topological polar surface area (TPSA) is 70.1 Å². The second-order valence-electron chi connectivity index (χ2n) is 2.46. The number of imidazole rings is 1. The molecule has 0 unspecified atom stereocenters. The van der Waals surface area contributed by atoms with Crippen LogP contribution in [-0.4, -0.2) is 33.7 Å². The smallest absolute Gasteiger partial charge is 0.182 e. The number of nitrogens with one attached hydrogen (secondary N) is 1. The molecule has 0 fully saturated rings. The summed E-state index contributed by atoms with van der Waals surface area (Å²) >= 11 is 0. The number of anilines is 1. The maximum absolute atomic E-state index is 4.06. The summed E-state index contributed by atoms with van der Waals surface area (Å²) < 4.78 is 0. The van der Waals surface area contributed by atoms with Gasteiger partial charge >= 0.3 is 0 Å². The molecule has 0 saturated heterocycles. The van der Waals surface area contributed by atoms with Crippen LogP contribution in [0, 0.1) is 0 Å². The minimum Gasteiger partial charge on any atom is -0.340 e. The first-order valence-electron chi connectivity index (χ1n) is 3.67. The number of fused-ring (bicyclic) bond motifs is 1. The van der Waals surface area contributed by atoms with Crippen LogP contribution in [0.5, 0.6) is 0 Å². The molecule has 0 aliphatic heterocycles. The van der Waals surface area contributed by atoms with Gasteiger partial charge in [0.25, 0.3) is 0 Å². The fourth-order valence-electron chi connectivity index (χ4n) is 1.06. The zero-order valence-electron chi connectivity index (χ0n) is 7.10. The lowest BCUT2D eigenvalue weighted by Gasteiger charge is -2.09. The van der Waals surface area contributed by atoms with Gasteiger partial charge in [0.15, 0.2) is 11.5 Å². The quantitative estimate of drug-likeness (QED) is 0.531. The van der Waals surface area contributed by atoms with E-state index in [4.69, 9.17) is 0 Å². The van der Waals surface area contributed by atoms with Gasteiger partial charge in [-0.25, -0.2) is 20.0 Å². The van der Waals surface area contributed by atoms with Crippen LogP contribution >= 0.6 is 0 Å². The third-order valence-corrected chi connectivity index (χ3v) is 1.72. The van der Waals surface area contributed by atoms with Gasteiger partial charge in [0.2, 0.25) is 0 Å². The predicted molar refractivity (Wildman–Crippen MR) is 49.6 cm³/mol. The zero-order valence-corrected chi connectivity index (χ0v) is 7.10. The molecule has 6 heteroatoms. The third-order valence-electron chi connectivity index (χ3n) is 1.72. The van der Waals surface area contributed by atoms with E-state index in [-0.39, 0.29) is 0 Å². The highest BCUT2D eigenvalue weighted by molar-refractivity contribution is 5.82. The van der Waals surface area contributed by atoms with Gasteiger partial charge < -0.3 is 4.98 Å². The molecule has 0 aliphatic carbocycles. The Morgan fingerprint density at radius 3 is 3.08 bits per heavy atom. The van der Waals surface area contributed by atoms with Crippen LogP contribution in [-0.2, 0) is 0 Å². The van der Waals surface area contributed by atoms with E-state index in [2.05, 4.69) is 31.8 Å². The summed E-state index contributed by atoms with van der Waals surface area (Å²) in [4.78, 5) is 15.0. The van der Waals surface area contributed by atoms with Crippen molar-refractivity contribution in [1.82, 2.24) is 19.9 Å². The Morgan fingerprint density at radius 2 is 2.31 bits per heavy atom. The summed E-state index contributed by atoms with van der Waals surface area (Å²) in [7, 11) is 1.76. The van der Waals surface area contributed by atoms with Crippen LogP contribution in [0.1, 0.15) is 0 Å². The SMILES string of the molecule is C=NN(C)c1ncnc2nc[nH]c12. The lowest BCUT2D eigenvalue weighted by Crippen LogP contribution is -2.10. The predicted octanol–water partition coefficient (Wildman–Crippen LogP) is 0.405. The van der Waals surface area contributed by atoms with Crippen molar-refractivity contribution in [2.24, 2.45) is 5.10 Å². The van der Waals surface area contributed by atoms with Crippen molar-refractivity contribution in [1.29, 1.82) is 0 Å². The number of nitrogens with zero attached hydrogens (tertiary/aromatic N) is 5. The Kier molecular flexibility index (Phi) is 1.66. The second-order valence-corrected chi connectivity index (χ2v) is 2.46. The maximum Gasteiger partial charge on any atom is 0.182 e. The molecule has 13 heavy (non-hydrogen) atoms. The number of hydrogen-bond acceptors (Lipinski definition) is 5. The number of hydrogen-bond donors (Lipinski definition) is 1. The number of H-pyrrole nitrogens is 1. The van der Waals surface area contributed by atoms with Crippen molar-refractivity contribution < 1.29 is 0 Å². The van der Waals surface area contributed by atoms with E-state index in [9.17, 15) is 0 Å². The van der Waals surface area contributed by atoms with Crippen LogP contribution in [0.15, 0.2) is 17.8 Å². The van der Waals surface area contributed by atoms with E-state index < -0.39 is 0 Å². The molecule has 2 rings (SSSR count). The molecule has 0 aromatic carbocycles. The van der Waals surface area contributed by atoms with E-state index in [1.54, 1.807) is 18.4 Å². The molecule has 0 spiro atoms. The fourth-order valence-corrected chi connectivity index (χ4v) is 1.06. The monoisotopic (exact) mass is 176 g/mol. The van der Waals surface area contributed by atoms with Crippen molar-refractivity contribution in [3.05, 3.63) is 12.7 Å². The minimum absolute atomic E-state index is 0.625. The number of hydrazone groups is 1. The molecule has 1 N–H and O–H groups in total. The number of rotatable bonds is 2. The molecule has 0 saturated carbocycles. The molecular formula is C7H8N6. The van der Waals surface area contributed by atoms with Crippen molar-refractivity contribution in [3.63, 3.8) is 0 Å². The van der Waals surface area contributed by atoms with E-state index in [0.717, 1.165) is 5.52 Å². The Hall–Kier alpha value is -1.98. The van der Waals surface area contributed by atoms with Gasteiger partial charge in [-0.3, -0.25) is 0 Å². The largest absolute Gasteiger partial charge is 0.340 e. The number of aromatic amines is 1. The van der Waals surface area contributed by atoms with Gasteiger partial charge in [0, 0.05) is 13.8 Å². The highest BCUT2D eigenvalue weighted by Gasteiger charge is 2.07. The van der Waals surface area contributed by atoms with Crippen LogP contribution in [0.3, 0.4) is 0 Å². The first-order chi connectivity index (χ1) is 6.33. The first-order valence-corrected chi connectivity index (χ1v) is 3.67. The van der Waals surface area contributed by atoms with Gasteiger partial charge in [-0.1, -0.05) is 0 Å². The van der Waals surface area contributed by atoms with Crippen molar-refractivity contribution >= 4 is 23.7 Å². The molecule has 66 valence electrons. The Bertz CT molecular complexity index is 433. The van der Waals surface area contributed by atoms with Crippen LogP contribution < -0.4 is 5.01 Å². The lowest BCUT2D eigenvalue weighted by molar-refractivity contribution is 0.983. The first kappa shape index (κ1) is 7.66. The lowest BCUT2D eigenvalue weighted by atomic mass is 10.5. The summed E-state index contributed by atoms with van der Waals surface area (Å²) in [6.07, 6.45) is 3.01. The van der Waals surface area contributed by atoms with E-state index >= 15 is 0 Å². The van der Waals surface area contributed by atoms with E-state index in [1.165, 1.54) is 6.33 Å². The van der Waals surface area contributed by atoms with Gasteiger partial charge in [-0.15, -0.1) is 0 Å². The normalized spacial score (nSPS) is 10.2. The molecule has 2 aromatic heterocycles. The van der Waals surface area contributed by atoms with Crippen LogP contribution in [0.4, 0.5) is 5.82 Å². The summed E-state index contributed by atoms with van der Waals surface area (Å²) in [5, 5.41) is 5.29. The Morgan fingerprint density at radius 1 is 1.46 bits per heavy atom. The molecule has 0 bridgehead atoms. The summed E-state index contributed by atoms with van der Waals surface area (Å²) in [5.41, 5.74) is 1.39. The molecule has 0 radical (unpaired) electrons. The summed E-state index contributed by atoms with van der Waals surface area (Å²) in [5.74, 6) is 0.664. The average Bonchev–Trinajstić information content (AvgIpc) is 2.63. The molecule has 2 heterocycles. The van der Waals surface area contributed by atoms with Crippen molar-refractivity contribution in [3.8, 4) is 0 Å². The number of aromatic nitrogens is 4. The molecule has 0 atom stereocenters. The minimum atomic E-state index is 0.625. The van der Waals surface area contributed by atoms with Gasteiger partial charge in [0.1, 0.15) is 11.8 Å². The van der Waals surface area contributed by atoms with Crippen molar-refractivity contribution in [2.75, 3.05) is 12.1 Å². The van der Waals surface area contributed by atoms with Crippen LogP contribution in [0.2, 0.25) is 0 Å². The van der Waals surface area contributed by atoms with Crippen molar-refractivity contribution in [2.45, 2.75) is 0 Å². The highest BCUT2D eigenvalue weighted by Crippen LogP contribution is 2.17. The molecule has 6 nitrogen and oxygen atoms in total. The third kappa shape index (κ3) is 1.12.